The maximum Gasteiger partial charge on any atom is 0.326 e. The van der Waals surface area contributed by atoms with E-state index in [1.54, 1.807) is 18.7 Å². The number of carboxylic acids is 1. The molecular formula is C24H26BrN5O3. The van der Waals surface area contributed by atoms with Crippen LogP contribution in [0.2, 0.25) is 0 Å². The lowest BCUT2D eigenvalue weighted by Crippen LogP contribution is -2.51. The summed E-state index contributed by atoms with van der Waals surface area (Å²) in [5.41, 5.74) is 2.77. The van der Waals surface area contributed by atoms with Crippen LogP contribution in [0.15, 0.2) is 67.4 Å². The number of pyridine rings is 1. The van der Waals surface area contributed by atoms with Crippen molar-refractivity contribution in [2.24, 2.45) is 5.92 Å². The first-order chi connectivity index (χ1) is 16.0. The largest absolute Gasteiger partial charge is 0.480 e. The minimum atomic E-state index is -1.07. The van der Waals surface area contributed by atoms with E-state index in [2.05, 4.69) is 36.1 Å². The van der Waals surface area contributed by atoms with E-state index in [1.807, 2.05) is 53.2 Å². The zero-order valence-corrected chi connectivity index (χ0v) is 19.6. The van der Waals surface area contributed by atoms with Crippen LogP contribution in [-0.4, -0.2) is 55.5 Å². The Kier molecular flexibility index (Phi) is 7.39. The molecule has 33 heavy (non-hydrogen) atoms. The minimum Gasteiger partial charge on any atom is -0.480 e. The Morgan fingerprint density at radius 2 is 2.03 bits per heavy atom. The van der Waals surface area contributed by atoms with E-state index in [0.29, 0.717) is 31.7 Å². The van der Waals surface area contributed by atoms with Crippen molar-refractivity contribution in [2.45, 2.75) is 30.3 Å². The van der Waals surface area contributed by atoms with E-state index < -0.39 is 12.0 Å². The van der Waals surface area contributed by atoms with Gasteiger partial charge in [0.15, 0.2) is 0 Å². The summed E-state index contributed by atoms with van der Waals surface area (Å²) in [6.45, 7) is 2.00. The number of rotatable bonds is 8. The molecule has 0 radical (unpaired) electrons. The lowest BCUT2D eigenvalue weighted by Gasteiger charge is -2.36. The van der Waals surface area contributed by atoms with Crippen molar-refractivity contribution in [1.29, 1.82) is 0 Å². The summed E-state index contributed by atoms with van der Waals surface area (Å²) < 4.78 is 1.91. The molecular weight excluding hydrogens is 486 g/mol. The fourth-order valence-corrected chi connectivity index (χ4v) is 4.91. The van der Waals surface area contributed by atoms with Gasteiger partial charge in [0.25, 0.3) is 0 Å². The van der Waals surface area contributed by atoms with Crippen LogP contribution < -0.4 is 10.2 Å². The van der Waals surface area contributed by atoms with Crippen LogP contribution in [0.5, 0.6) is 0 Å². The van der Waals surface area contributed by atoms with Crippen LogP contribution >= 0.6 is 15.9 Å². The molecule has 3 atom stereocenters. The number of alkyl halides is 1. The quantitative estimate of drug-likeness (QED) is 0.451. The number of nitrogens with one attached hydrogen (secondary N) is 1. The highest BCUT2D eigenvalue weighted by Gasteiger charge is 2.34. The fourth-order valence-electron chi connectivity index (χ4n) is 4.06. The number of aromatic nitrogens is 3. The molecule has 0 spiro atoms. The summed E-state index contributed by atoms with van der Waals surface area (Å²) in [5, 5.41) is 12.4. The number of aliphatic carboxylic acids is 1. The van der Waals surface area contributed by atoms with E-state index in [9.17, 15) is 14.7 Å². The number of carboxylic acid groups (broad SMARTS) is 1. The Morgan fingerprint density at radius 3 is 2.73 bits per heavy atom. The smallest absolute Gasteiger partial charge is 0.326 e. The van der Waals surface area contributed by atoms with Gasteiger partial charge in [0.05, 0.1) is 29.8 Å². The van der Waals surface area contributed by atoms with Crippen LogP contribution in [0.25, 0.3) is 0 Å². The Labute approximate surface area is 200 Å². The van der Waals surface area contributed by atoms with Gasteiger partial charge in [-0.05, 0) is 24.1 Å². The molecule has 0 aliphatic carbocycles. The average molecular weight is 512 g/mol. The van der Waals surface area contributed by atoms with E-state index in [-0.39, 0.29) is 23.1 Å². The maximum atomic E-state index is 12.9. The zero-order valence-electron chi connectivity index (χ0n) is 18.0. The molecule has 9 heteroatoms. The number of halogens is 1. The molecule has 3 heterocycles. The first-order valence-corrected chi connectivity index (χ1v) is 11.8. The highest BCUT2D eigenvalue weighted by atomic mass is 79.9. The third-order valence-electron chi connectivity index (χ3n) is 5.81. The Morgan fingerprint density at radius 1 is 1.21 bits per heavy atom. The summed E-state index contributed by atoms with van der Waals surface area (Å²) in [6, 6.07) is 12.8. The van der Waals surface area contributed by atoms with Gasteiger partial charge in [-0.15, -0.1) is 0 Å². The highest BCUT2D eigenvalue weighted by Crippen LogP contribution is 2.27. The molecule has 2 aromatic heterocycles. The zero-order chi connectivity index (χ0) is 23.2. The van der Waals surface area contributed by atoms with Crippen molar-refractivity contribution >= 4 is 33.5 Å². The minimum absolute atomic E-state index is 0.0917. The van der Waals surface area contributed by atoms with Crippen molar-refractivity contribution in [2.75, 3.05) is 18.0 Å². The van der Waals surface area contributed by atoms with Crippen LogP contribution in [0.3, 0.4) is 0 Å². The Hall–Kier alpha value is -3.20. The van der Waals surface area contributed by atoms with Gasteiger partial charge in [0, 0.05) is 43.3 Å². The molecule has 3 aromatic rings. The molecule has 8 nitrogen and oxygen atoms in total. The van der Waals surface area contributed by atoms with Gasteiger partial charge in [0.2, 0.25) is 5.91 Å². The topological polar surface area (TPSA) is 100 Å². The maximum absolute atomic E-state index is 12.9. The molecule has 0 bridgehead atoms. The number of amides is 1. The number of anilines is 1. The van der Waals surface area contributed by atoms with E-state index in [1.165, 1.54) is 0 Å². The number of hydrogen-bond donors (Lipinski definition) is 2. The van der Waals surface area contributed by atoms with Crippen molar-refractivity contribution in [1.82, 2.24) is 19.9 Å². The van der Waals surface area contributed by atoms with Crippen LogP contribution in [0, 0.1) is 5.92 Å². The van der Waals surface area contributed by atoms with Gasteiger partial charge >= 0.3 is 5.97 Å². The van der Waals surface area contributed by atoms with Crippen molar-refractivity contribution in [3.63, 3.8) is 0 Å². The lowest BCUT2D eigenvalue weighted by molar-refractivity contribution is -0.142. The van der Waals surface area contributed by atoms with Gasteiger partial charge in [-0.2, -0.15) is 0 Å². The summed E-state index contributed by atoms with van der Waals surface area (Å²) in [6.07, 6.45) is 7.79. The summed E-state index contributed by atoms with van der Waals surface area (Å²) in [4.78, 5) is 35.4. The van der Waals surface area contributed by atoms with Crippen LogP contribution in [-0.2, 0) is 22.6 Å². The highest BCUT2D eigenvalue weighted by molar-refractivity contribution is 9.09. The van der Waals surface area contributed by atoms with E-state index in [4.69, 9.17) is 0 Å². The molecule has 1 saturated heterocycles. The second-order valence-electron chi connectivity index (χ2n) is 8.19. The molecule has 1 aliphatic rings. The monoisotopic (exact) mass is 511 g/mol. The van der Waals surface area contributed by atoms with E-state index >= 15 is 0 Å². The van der Waals surface area contributed by atoms with E-state index in [0.717, 1.165) is 11.3 Å². The normalized spacial score (nSPS) is 19.1. The molecule has 1 fully saturated rings. The van der Waals surface area contributed by atoms with Crippen LogP contribution in [0.4, 0.5) is 5.69 Å². The molecule has 1 aromatic carbocycles. The van der Waals surface area contributed by atoms with Gasteiger partial charge in [-0.1, -0.05) is 46.3 Å². The van der Waals surface area contributed by atoms with Gasteiger partial charge in [0.1, 0.15) is 6.04 Å². The molecule has 1 aliphatic heterocycles. The fraction of sp³-hybridized carbons (Fsp3) is 0.333. The van der Waals surface area contributed by atoms with Crippen LogP contribution in [0.1, 0.15) is 17.7 Å². The van der Waals surface area contributed by atoms with Gasteiger partial charge < -0.3 is 19.9 Å². The number of carbonyl (C=O) groups excluding carboxylic acids is 1. The molecule has 3 unspecified atom stereocenters. The second kappa shape index (κ2) is 10.6. The predicted molar refractivity (Wildman–Crippen MR) is 128 cm³/mol. The lowest BCUT2D eigenvalue weighted by atomic mass is 9.94. The Bertz CT molecular complexity index is 1080. The average Bonchev–Trinajstić information content (AvgIpc) is 3.26. The first-order valence-electron chi connectivity index (χ1n) is 10.9. The van der Waals surface area contributed by atoms with Gasteiger partial charge in [-0.3, -0.25) is 9.78 Å². The summed E-state index contributed by atoms with van der Waals surface area (Å²) in [5.74, 6) is -1.63. The molecule has 0 saturated carbocycles. The number of imidazole rings is 1. The number of hydrogen-bond acceptors (Lipinski definition) is 5. The second-order valence-corrected chi connectivity index (χ2v) is 9.37. The number of nitrogens with zero attached hydrogens (tertiary/aromatic N) is 4. The molecule has 1 amide bonds. The van der Waals surface area contributed by atoms with Crippen molar-refractivity contribution in [3.8, 4) is 0 Å². The number of piperidine rings is 1. The Balaban J connectivity index is 1.34. The predicted octanol–water partition coefficient (Wildman–Crippen LogP) is 2.73. The first kappa shape index (κ1) is 23.0. The third-order valence-corrected chi connectivity index (χ3v) is 6.74. The van der Waals surface area contributed by atoms with Gasteiger partial charge in [-0.25, -0.2) is 9.78 Å². The standard InChI is InChI=1S/C24H26BrN5O3/c25-21-15-30(19-7-4-9-26-12-19)10-8-20(21)23(31)28-22(24(32)33)11-18-14-29(16-27-18)13-17-5-2-1-3-6-17/h1-7,9,12,14,16,20-22H,8,10-11,13,15H2,(H,28,31)(H,32,33). The SMILES string of the molecule is O=C(O)C(Cc1cn(Cc2ccccc2)cn1)NC(=O)C1CCN(c2cccnc2)CC1Br. The van der Waals surface area contributed by atoms with Crippen molar-refractivity contribution < 1.29 is 14.7 Å². The molecule has 4 rings (SSSR count). The van der Waals surface area contributed by atoms with Crippen molar-refractivity contribution in [3.05, 3.63) is 78.6 Å². The summed E-state index contributed by atoms with van der Waals surface area (Å²) >= 11 is 3.64. The molecule has 172 valence electrons. The number of benzene rings is 1. The third kappa shape index (κ3) is 5.98. The number of carbonyl (C=O) groups is 2. The molecule has 2 N–H and O–H groups in total. The summed E-state index contributed by atoms with van der Waals surface area (Å²) in [7, 11) is 0.